The minimum atomic E-state index is -0.444. The SMILES string of the molecule is C=C(C)COc1ccc(/C=C2\N=C(c3ccc(C(C)C)cc3)OC2=O)cc1. The summed E-state index contributed by atoms with van der Waals surface area (Å²) in [6.45, 7) is 10.5. The van der Waals surface area contributed by atoms with Crippen LogP contribution in [0, 0.1) is 0 Å². The highest BCUT2D eigenvalue weighted by atomic mass is 16.6. The van der Waals surface area contributed by atoms with E-state index in [0.29, 0.717) is 18.4 Å². The summed E-state index contributed by atoms with van der Waals surface area (Å²) in [5.74, 6) is 1.09. The lowest BCUT2D eigenvalue weighted by Gasteiger charge is -2.05. The summed E-state index contributed by atoms with van der Waals surface area (Å²) in [6.07, 6.45) is 1.71. The molecular weight excluding hydrogens is 338 g/mol. The van der Waals surface area contributed by atoms with E-state index in [1.54, 1.807) is 6.08 Å². The zero-order chi connectivity index (χ0) is 19.4. The Labute approximate surface area is 159 Å². The topological polar surface area (TPSA) is 47.9 Å². The third-order valence-corrected chi connectivity index (χ3v) is 4.11. The van der Waals surface area contributed by atoms with Crippen molar-refractivity contribution in [3.05, 3.63) is 83.1 Å². The van der Waals surface area contributed by atoms with Crippen molar-refractivity contribution in [3.63, 3.8) is 0 Å². The Bertz CT molecular complexity index is 904. The highest BCUT2D eigenvalue weighted by molar-refractivity contribution is 6.12. The maximum absolute atomic E-state index is 12.1. The molecule has 2 aromatic rings. The zero-order valence-electron chi connectivity index (χ0n) is 15.9. The van der Waals surface area contributed by atoms with E-state index in [0.717, 1.165) is 22.4 Å². The number of esters is 1. The van der Waals surface area contributed by atoms with Gasteiger partial charge in [0, 0.05) is 5.56 Å². The van der Waals surface area contributed by atoms with E-state index in [1.807, 2.05) is 55.5 Å². The number of aliphatic imine (C=N–C) groups is 1. The molecule has 0 amide bonds. The van der Waals surface area contributed by atoms with Gasteiger partial charge in [0.1, 0.15) is 12.4 Å². The van der Waals surface area contributed by atoms with Crippen LogP contribution in [-0.2, 0) is 9.53 Å². The molecule has 1 aliphatic rings. The highest BCUT2D eigenvalue weighted by Gasteiger charge is 2.24. The van der Waals surface area contributed by atoms with Crippen LogP contribution in [0.4, 0.5) is 0 Å². The number of benzene rings is 2. The normalized spacial score (nSPS) is 15.0. The van der Waals surface area contributed by atoms with E-state index in [2.05, 4.69) is 25.4 Å². The smallest absolute Gasteiger partial charge is 0.363 e. The molecule has 0 atom stereocenters. The number of carbonyl (C=O) groups is 1. The Kier molecular flexibility index (Phi) is 5.55. The molecule has 138 valence electrons. The Morgan fingerprint density at radius 2 is 1.81 bits per heavy atom. The first-order valence-corrected chi connectivity index (χ1v) is 8.92. The van der Waals surface area contributed by atoms with Crippen LogP contribution in [0.1, 0.15) is 43.4 Å². The summed E-state index contributed by atoms with van der Waals surface area (Å²) in [6, 6.07) is 15.4. The van der Waals surface area contributed by atoms with Gasteiger partial charge >= 0.3 is 5.97 Å². The van der Waals surface area contributed by atoms with E-state index in [1.165, 1.54) is 5.56 Å². The predicted octanol–water partition coefficient (Wildman–Crippen LogP) is 5.11. The molecule has 0 fully saturated rings. The second-order valence-corrected chi connectivity index (χ2v) is 6.93. The van der Waals surface area contributed by atoms with Gasteiger partial charge in [-0.05, 0) is 59.9 Å². The van der Waals surface area contributed by atoms with Crippen LogP contribution in [0.25, 0.3) is 6.08 Å². The lowest BCUT2D eigenvalue weighted by molar-refractivity contribution is -0.129. The van der Waals surface area contributed by atoms with Crippen LogP contribution in [0.15, 0.2) is 71.4 Å². The van der Waals surface area contributed by atoms with Gasteiger partial charge in [-0.3, -0.25) is 0 Å². The molecule has 4 nitrogen and oxygen atoms in total. The van der Waals surface area contributed by atoms with Gasteiger partial charge in [0.25, 0.3) is 0 Å². The molecule has 0 aromatic heterocycles. The standard InChI is InChI=1S/C23H23NO3/c1-15(2)14-26-20-11-5-17(6-12-20)13-21-23(25)27-22(24-21)19-9-7-18(8-10-19)16(3)4/h5-13,16H,1,14H2,2-4H3/b21-13-. The fraction of sp³-hybridized carbons (Fsp3) is 0.217. The Morgan fingerprint density at radius 3 is 2.41 bits per heavy atom. The fourth-order valence-electron chi connectivity index (χ4n) is 2.57. The molecule has 3 rings (SSSR count). The molecule has 27 heavy (non-hydrogen) atoms. The number of ether oxygens (including phenoxy) is 2. The third kappa shape index (κ3) is 4.73. The number of rotatable bonds is 6. The summed E-state index contributed by atoms with van der Waals surface area (Å²) < 4.78 is 10.9. The molecule has 1 aliphatic heterocycles. The lowest BCUT2D eigenvalue weighted by atomic mass is 10.0. The van der Waals surface area contributed by atoms with E-state index in [4.69, 9.17) is 9.47 Å². The zero-order valence-corrected chi connectivity index (χ0v) is 15.9. The number of nitrogens with zero attached hydrogens (tertiary/aromatic N) is 1. The van der Waals surface area contributed by atoms with Crippen molar-refractivity contribution in [2.24, 2.45) is 4.99 Å². The molecule has 0 bridgehead atoms. The van der Waals surface area contributed by atoms with Crippen molar-refractivity contribution < 1.29 is 14.3 Å². The summed E-state index contributed by atoms with van der Waals surface area (Å²) in [4.78, 5) is 16.5. The van der Waals surface area contributed by atoms with Gasteiger partial charge < -0.3 is 9.47 Å². The van der Waals surface area contributed by atoms with Crippen LogP contribution in [-0.4, -0.2) is 18.5 Å². The van der Waals surface area contributed by atoms with Gasteiger partial charge in [-0.2, -0.15) is 0 Å². The molecule has 0 aliphatic carbocycles. The van der Waals surface area contributed by atoms with Crippen molar-refractivity contribution >= 4 is 17.9 Å². The molecule has 0 N–H and O–H groups in total. The van der Waals surface area contributed by atoms with E-state index >= 15 is 0 Å². The van der Waals surface area contributed by atoms with Gasteiger partial charge in [-0.25, -0.2) is 9.79 Å². The predicted molar refractivity (Wildman–Crippen MR) is 108 cm³/mol. The third-order valence-electron chi connectivity index (χ3n) is 4.11. The molecule has 1 heterocycles. The molecular formula is C23H23NO3. The van der Waals surface area contributed by atoms with Gasteiger partial charge in [-0.15, -0.1) is 0 Å². The molecule has 4 heteroatoms. The van der Waals surface area contributed by atoms with E-state index in [9.17, 15) is 4.79 Å². The average molecular weight is 361 g/mol. The van der Waals surface area contributed by atoms with E-state index < -0.39 is 5.97 Å². The van der Waals surface area contributed by atoms with Crippen LogP contribution in [0.3, 0.4) is 0 Å². The van der Waals surface area contributed by atoms with Crippen molar-refractivity contribution in [1.29, 1.82) is 0 Å². The van der Waals surface area contributed by atoms with Gasteiger partial charge in [0.15, 0.2) is 5.70 Å². The quantitative estimate of drug-likeness (QED) is 0.408. The molecule has 0 saturated heterocycles. The summed E-state index contributed by atoms with van der Waals surface area (Å²) in [5, 5.41) is 0. The minimum Gasteiger partial charge on any atom is -0.489 e. The Balaban J connectivity index is 1.76. The van der Waals surface area contributed by atoms with E-state index in [-0.39, 0.29) is 5.70 Å². The first-order chi connectivity index (χ1) is 12.9. The fourth-order valence-corrected chi connectivity index (χ4v) is 2.57. The molecule has 0 saturated carbocycles. The molecule has 0 unspecified atom stereocenters. The van der Waals surface area contributed by atoms with Crippen LogP contribution < -0.4 is 4.74 Å². The van der Waals surface area contributed by atoms with Crippen LogP contribution in [0.5, 0.6) is 5.75 Å². The summed E-state index contributed by atoms with van der Waals surface area (Å²) in [5.41, 5.74) is 4.12. The van der Waals surface area contributed by atoms with Gasteiger partial charge in [0.05, 0.1) is 0 Å². The largest absolute Gasteiger partial charge is 0.489 e. The van der Waals surface area contributed by atoms with Crippen LogP contribution >= 0.6 is 0 Å². The number of hydrogen-bond donors (Lipinski definition) is 0. The maximum Gasteiger partial charge on any atom is 0.363 e. The highest BCUT2D eigenvalue weighted by Crippen LogP contribution is 2.22. The van der Waals surface area contributed by atoms with Crippen molar-refractivity contribution in [1.82, 2.24) is 0 Å². The number of cyclic esters (lactones) is 1. The summed E-state index contributed by atoms with van der Waals surface area (Å²) >= 11 is 0. The number of carbonyl (C=O) groups excluding carboxylic acids is 1. The average Bonchev–Trinajstić information content (AvgIpc) is 3.01. The van der Waals surface area contributed by atoms with Crippen molar-refractivity contribution in [3.8, 4) is 5.75 Å². The molecule has 0 spiro atoms. The second kappa shape index (κ2) is 8.04. The Morgan fingerprint density at radius 1 is 1.15 bits per heavy atom. The Hall–Kier alpha value is -3.14. The first kappa shape index (κ1) is 18.6. The van der Waals surface area contributed by atoms with Crippen molar-refractivity contribution in [2.45, 2.75) is 26.7 Å². The second-order valence-electron chi connectivity index (χ2n) is 6.93. The van der Waals surface area contributed by atoms with Gasteiger partial charge in [-0.1, -0.05) is 44.7 Å². The minimum absolute atomic E-state index is 0.286. The number of hydrogen-bond acceptors (Lipinski definition) is 4. The first-order valence-electron chi connectivity index (χ1n) is 8.92. The summed E-state index contributed by atoms with van der Waals surface area (Å²) in [7, 11) is 0. The van der Waals surface area contributed by atoms with Gasteiger partial charge in [0.2, 0.25) is 5.90 Å². The lowest BCUT2D eigenvalue weighted by Crippen LogP contribution is -2.05. The molecule has 2 aromatic carbocycles. The van der Waals surface area contributed by atoms with Crippen molar-refractivity contribution in [2.75, 3.05) is 6.61 Å². The monoisotopic (exact) mass is 361 g/mol. The maximum atomic E-state index is 12.1. The molecule has 0 radical (unpaired) electrons. The van der Waals surface area contributed by atoms with Crippen LogP contribution in [0.2, 0.25) is 0 Å².